The number of carbonyl (C=O) groups excluding carboxylic acids is 1. The van der Waals surface area contributed by atoms with E-state index in [2.05, 4.69) is 30.1 Å². The number of nitrogens with zero attached hydrogens (tertiary/aromatic N) is 1. The topological polar surface area (TPSA) is 53.2 Å². The molecule has 4 aromatic rings. The van der Waals surface area contributed by atoms with Gasteiger partial charge in [0.1, 0.15) is 0 Å². The van der Waals surface area contributed by atoms with Crippen LogP contribution in [0, 0.1) is 6.92 Å². The number of benzene rings is 2. The molecular weight excluding hydrogens is 368 g/mol. The van der Waals surface area contributed by atoms with Gasteiger partial charge in [-0.2, -0.15) is 0 Å². The Labute approximate surface area is 167 Å². The van der Waals surface area contributed by atoms with E-state index in [1.165, 1.54) is 16.9 Å². The van der Waals surface area contributed by atoms with E-state index in [-0.39, 0.29) is 11.5 Å². The Kier molecular flexibility index (Phi) is 4.77. The maximum atomic E-state index is 13.2. The van der Waals surface area contributed by atoms with Crippen molar-refractivity contribution in [2.75, 3.05) is 11.4 Å². The number of amides is 1. The number of H-pyrrole nitrogens is 1. The number of anilines is 1. The molecule has 2 aromatic heterocycles. The second-order valence-corrected chi connectivity index (χ2v) is 7.98. The van der Waals surface area contributed by atoms with E-state index in [1.807, 2.05) is 38.1 Å². The lowest BCUT2D eigenvalue weighted by atomic mass is 10.1. The van der Waals surface area contributed by atoms with Crippen LogP contribution in [0.3, 0.4) is 0 Å². The number of hydrogen-bond donors (Lipinski definition) is 1. The maximum Gasteiger partial charge on any atom is 0.268 e. The van der Waals surface area contributed by atoms with E-state index in [1.54, 1.807) is 11.0 Å². The van der Waals surface area contributed by atoms with E-state index < -0.39 is 0 Å². The van der Waals surface area contributed by atoms with Gasteiger partial charge in [-0.25, -0.2) is 0 Å². The fourth-order valence-electron chi connectivity index (χ4n) is 3.50. The van der Waals surface area contributed by atoms with Gasteiger partial charge in [-0.3, -0.25) is 9.59 Å². The van der Waals surface area contributed by atoms with Crippen LogP contribution in [0.25, 0.3) is 21.0 Å². The number of fused-ring (bicyclic) bond motifs is 3. The summed E-state index contributed by atoms with van der Waals surface area (Å²) in [6.45, 7) is 6.66. The van der Waals surface area contributed by atoms with Crippen LogP contribution in [0.5, 0.6) is 0 Å². The lowest BCUT2D eigenvalue weighted by molar-refractivity contribution is 0.0992. The van der Waals surface area contributed by atoms with Crippen LogP contribution in [0.2, 0.25) is 0 Å². The van der Waals surface area contributed by atoms with Crippen LogP contribution in [0.15, 0.2) is 53.3 Å². The van der Waals surface area contributed by atoms with Crippen molar-refractivity contribution >= 4 is 43.9 Å². The van der Waals surface area contributed by atoms with Crippen LogP contribution < -0.4 is 10.5 Å². The fraction of sp³-hybridized carbons (Fsp3) is 0.217. The molecule has 0 saturated heterocycles. The van der Waals surface area contributed by atoms with E-state index in [0.717, 1.165) is 33.3 Å². The minimum absolute atomic E-state index is 0.0758. The molecule has 1 N–H and O–H groups in total. The number of thiophene rings is 1. The van der Waals surface area contributed by atoms with Gasteiger partial charge >= 0.3 is 0 Å². The average Bonchev–Trinajstić information content (AvgIpc) is 3.16. The summed E-state index contributed by atoms with van der Waals surface area (Å²) < 4.78 is 0.864. The van der Waals surface area contributed by atoms with E-state index in [9.17, 15) is 9.59 Å². The largest absolute Gasteiger partial charge is 0.321 e. The van der Waals surface area contributed by atoms with Crippen molar-refractivity contribution < 1.29 is 4.79 Å². The highest BCUT2D eigenvalue weighted by Gasteiger charge is 2.20. The number of aromatic amines is 1. The summed E-state index contributed by atoms with van der Waals surface area (Å²) in [6, 6.07) is 15.8. The Morgan fingerprint density at radius 2 is 1.79 bits per heavy atom. The highest BCUT2D eigenvalue weighted by Crippen LogP contribution is 2.31. The molecule has 2 aromatic carbocycles. The first kappa shape index (κ1) is 18.4. The molecule has 0 unspecified atom stereocenters. The molecular formula is C23H22N2O2S. The number of nitrogens with one attached hydrogen (secondary N) is 1. The summed E-state index contributed by atoms with van der Waals surface area (Å²) in [4.78, 5) is 31.0. The summed E-state index contributed by atoms with van der Waals surface area (Å²) in [7, 11) is 0. The molecule has 0 aliphatic carbocycles. The second-order valence-electron chi connectivity index (χ2n) is 6.93. The van der Waals surface area contributed by atoms with Crippen molar-refractivity contribution in [1.29, 1.82) is 0 Å². The van der Waals surface area contributed by atoms with Crippen molar-refractivity contribution in [1.82, 2.24) is 4.98 Å². The van der Waals surface area contributed by atoms with Crippen LogP contribution in [-0.2, 0) is 6.42 Å². The molecule has 0 bridgehead atoms. The number of pyridine rings is 1. The molecule has 1 amide bonds. The number of rotatable bonds is 4. The van der Waals surface area contributed by atoms with Crippen LogP contribution >= 0.6 is 11.3 Å². The van der Waals surface area contributed by atoms with Gasteiger partial charge < -0.3 is 9.88 Å². The van der Waals surface area contributed by atoms with E-state index in [0.29, 0.717) is 16.8 Å². The van der Waals surface area contributed by atoms with Gasteiger partial charge in [0.15, 0.2) is 0 Å². The molecule has 4 nitrogen and oxygen atoms in total. The molecule has 5 heteroatoms. The highest BCUT2D eigenvalue weighted by molar-refractivity contribution is 7.21. The van der Waals surface area contributed by atoms with Crippen molar-refractivity contribution in [2.45, 2.75) is 27.2 Å². The van der Waals surface area contributed by atoms with Crippen molar-refractivity contribution in [3.8, 4) is 0 Å². The Hall–Kier alpha value is -2.92. The van der Waals surface area contributed by atoms with Gasteiger partial charge in [0, 0.05) is 27.8 Å². The van der Waals surface area contributed by atoms with Gasteiger partial charge in [-0.1, -0.05) is 30.7 Å². The van der Waals surface area contributed by atoms with Gasteiger partial charge in [-0.05, 0) is 56.2 Å². The van der Waals surface area contributed by atoms with Crippen molar-refractivity contribution in [3.63, 3.8) is 0 Å². The highest BCUT2D eigenvalue weighted by atomic mass is 32.1. The van der Waals surface area contributed by atoms with Crippen molar-refractivity contribution in [2.24, 2.45) is 0 Å². The summed E-state index contributed by atoms with van der Waals surface area (Å²) >= 11 is 1.39. The molecule has 0 aliphatic rings. The number of aromatic nitrogens is 1. The van der Waals surface area contributed by atoms with Gasteiger partial charge in [0.05, 0.1) is 10.3 Å². The first-order valence-corrected chi connectivity index (χ1v) is 10.3. The fourth-order valence-corrected chi connectivity index (χ4v) is 4.63. The van der Waals surface area contributed by atoms with E-state index >= 15 is 0 Å². The minimum Gasteiger partial charge on any atom is -0.321 e. The summed E-state index contributed by atoms with van der Waals surface area (Å²) in [5.41, 5.74) is 3.87. The minimum atomic E-state index is -0.156. The third-order valence-electron chi connectivity index (χ3n) is 5.07. The second kappa shape index (κ2) is 7.24. The zero-order chi connectivity index (χ0) is 19.8. The smallest absolute Gasteiger partial charge is 0.268 e. The van der Waals surface area contributed by atoms with Crippen LogP contribution in [0.1, 0.15) is 34.6 Å². The Morgan fingerprint density at radius 3 is 2.46 bits per heavy atom. The molecule has 28 heavy (non-hydrogen) atoms. The standard InChI is InChI=1S/C23H22N2O2S/c1-4-15-7-9-16(10-8-15)25(5-2)23(27)20-13-18-21(28-20)17-12-14(3)6-11-19(17)24-22(18)26/h6-13H,4-5H2,1-3H3,(H,24,26). The number of hydrogen-bond acceptors (Lipinski definition) is 3. The summed E-state index contributed by atoms with van der Waals surface area (Å²) in [6.07, 6.45) is 0.964. The predicted octanol–water partition coefficient (Wildman–Crippen LogP) is 5.28. The van der Waals surface area contributed by atoms with Gasteiger partial charge in [0.2, 0.25) is 0 Å². The summed E-state index contributed by atoms with van der Waals surface area (Å²) in [5.74, 6) is -0.0758. The molecule has 0 fully saturated rings. The first-order chi connectivity index (χ1) is 13.5. The molecule has 142 valence electrons. The Bertz CT molecular complexity index is 1240. The van der Waals surface area contributed by atoms with Gasteiger partial charge in [-0.15, -0.1) is 11.3 Å². The Balaban J connectivity index is 1.82. The maximum absolute atomic E-state index is 13.2. The molecule has 0 aliphatic heterocycles. The molecule has 0 radical (unpaired) electrons. The number of aryl methyl sites for hydroxylation is 2. The molecule has 0 spiro atoms. The monoisotopic (exact) mass is 390 g/mol. The molecule has 4 rings (SSSR count). The molecule has 0 atom stereocenters. The van der Waals surface area contributed by atoms with Crippen LogP contribution in [0.4, 0.5) is 5.69 Å². The van der Waals surface area contributed by atoms with E-state index in [4.69, 9.17) is 0 Å². The molecule has 2 heterocycles. The SMILES string of the molecule is CCc1ccc(N(CC)C(=O)c2cc3c(=O)[nH]c4ccc(C)cc4c3s2)cc1. The Morgan fingerprint density at radius 1 is 1.04 bits per heavy atom. The third kappa shape index (κ3) is 3.12. The normalized spacial score (nSPS) is 11.2. The number of carbonyl (C=O) groups is 1. The lowest BCUT2D eigenvalue weighted by Crippen LogP contribution is -2.29. The quantitative estimate of drug-likeness (QED) is 0.515. The van der Waals surface area contributed by atoms with Crippen molar-refractivity contribution in [3.05, 3.63) is 74.9 Å². The zero-order valence-electron chi connectivity index (χ0n) is 16.2. The average molecular weight is 391 g/mol. The van der Waals surface area contributed by atoms with Crippen LogP contribution in [-0.4, -0.2) is 17.4 Å². The zero-order valence-corrected chi connectivity index (χ0v) is 17.0. The lowest BCUT2D eigenvalue weighted by Gasteiger charge is -2.20. The predicted molar refractivity (Wildman–Crippen MR) is 118 cm³/mol. The van der Waals surface area contributed by atoms with Gasteiger partial charge in [0.25, 0.3) is 11.5 Å². The summed E-state index contributed by atoms with van der Waals surface area (Å²) in [5, 5.41) is 1.55. The third-order valence-corrected chi connectivity index (χ3v) is 6.23. The molecule has 0 saturated carbocycles. The first-order valence-electron chi connectivity index (χ1n) is 9.48.